The van der Waals surface area contributed by atoms with Gasteiger partial charge >= 0.3 is 0 Å². The van der Waals surface area contributed by atoms with Gasteiger partial charge in [0.05, 0.1) is 9.93 Å². The van der Waals surface area contributed by atoms with Crippen molar-refractivity contribution < 1.29 is 19.5 Å². The molecule has 0 radical (unpaired) electrons. The lowest BCUT2D eigenvalue weighted by molar-refractivity contribution is -0.127. The van der Waals surface area contributed by atoms with E-state index in [9.17, 15) is 19.5 Å². The molecule has 8 heteroatoms. The maximum absolute atomic E-state index is 12.5. The Balaban J connectivity index is 1.74. The highest BCUT2D eigenvalue weighted by Crippen LogP contribution is 2.33. The molecule has 1 aliphatic heterocycles. The first kappa shape index (κ1) is 20.0. The summed E-state index contributed by atoms with van der Waals surface area (Å²) in [4.78, 5) is 38.2. The minimum atomic E-state index is -0.546. The minimum absolute atomic E-state index is 0.0740. The van der Waals surface area contributed by atoms with Crippen LogP contribution in [0.3, 0.4) is 0 Å². The highest BCUT2D eigenvalue weighted by molar-refractivity contribution is 8.18. The van der Waals surface area contributed by atoms with Crippen LogP contribution >= 0.6 is 23.4 Å². The lowest BCUT2D eigenvalue weighted by Gasteiger charge is -2.15. The van der Waals surface area contributed by atoms with Crippen molar-refractivity contribution in [2.45, 2.75) is 13.8 Å². The zero-order valence-corrected chi connectivity index (χ0v) is 16.7. The number of hydrogen-bond donors (Lipinski definition) is 2. The summed E-state index contributed by atoms with van der Waals surface area (Å²) in [5.74, 6) is -1.07. The number of halogens is 1. The number of amides is 3. The number of carbonyl (C=O) groups is 3. The number of anilines is 1. The zero-order valence-electron chi connectivity index (χ0n) is 15.2. The molecule has 0 unspecified atom stereocenters. The van der Waals surface area contributed by atoms with Crippen LogP contribution in [0.2, 0.25) is 5.02 Å². The number of benzene rings is 2. The average Bonchev–Trinajstić information content (AvgIpc) is 2.89. The van der Waals surface area contributed by atoms with Gasteiger partial charge in [-0.1, -0.05) is 35.9 Å². The molecular weight excluding hydrogens is 400 g/mol. The summed E-state index contributed by atoms with van der Waals surface area (Å²) in [7, 11) is 0. The van der Waals surface area contributed by atoms with Gasteiger partial charge in [-0.25, -0.2) is 0 Å². The van der Waals surface area contributed by atoms with E-state index in [0.29, 0.717) is 11.3 Å². The van der Waals surface area contributed by atoms with Crippen LogP contribution in [-0.2, 0) is 9.59 Å². The first-order chi connectivity index (χ1) is 13.3. The smallest absolute Gasteiger partial charge is 0.294 e. The number of imide groups is 1. The van der Waals surface area contributed by atoms with E-state index in [1.165, 1.54) is 18.2 Å². The average molecular weight is 417 g/mol. The third-order valence-electron chi connectivity index (χ3n) is 4.19. The molecule has 0 aliphatic carbocycles. The standard InChI is InChI=1S/C20H17ClN2O4S/c1-11-4-3-5-12(2)18(11)22-17(25)10-23-19(26)16(28-20(23)27)9-13-6-7-15(24)14(21)8-13/h3-9,24H,10H2,1-2H3,(H,22,25)/b16-9+. The Morgan fingerprint density at radius 2 is 1.89 bits per heavy atom. The Morgan fingerprint density at radius 1 is 1.21 bits per heavy atom. The Morgan fingerprint density at radius 3 is 2.54 bits per heavy atom. The molecule has 0 atom stereocenters. The van der Waals surface area contributed by atoms with E-state index in [2.05, 4.69) is 5.32 Å². The van der Waals surface area contributed by atoms with Gasteiger partial charge in [0.1, 0.15) is 12.3 Å². The van der Waals surface area contributed by atoms with Gasteiger partial charge in [-0.2, -0.15) is 0 Å². The molecule has 0 aromatic heterocycles. The molecule has 1 saturated heterocycles. The fourth-order valence-corrected chi connectivity index (χ4v) is 3.76. The number of phenolic OH excluding ortho intramolecular Hbond substituents is 1. The first-order valence-electron chi connectivity index (χ1n) is 8.36. The third kappa shape index (κ3) is 4.21. The fraction of sp³-hybridized carbons (Fsp3) is 0.150. The number of para-hydroxylation sites is 1. The summed E-state index contributed by atoms with van der Waals surface area (Å²) in [6.07, 6.45) is 1.50. The molecule has 6 nitrogen and oxygen atoms in total. The van der Waals surface area contributed by atoms with Crippen molar-refractivity contribution in [1.29, 1.82) is 0 Å². The highest BCUT2D eigenvalue weighted by atomic mass is 35.5. The van der Waals surface area contributed by atoms with Gasteiger partial charge in [0, 0.05) is 5.69 Å². The molecule has 144 valence electrons. The van der Waals surface area contributed by atoms with Crippen molar-refractivity contribution in [3.8, 4) is 5.75 Å². The maximum atomic E-state index is 12.5. The lowest BCUT2D eigenvalue weighted by Crippen LogP contribution is -2.36. The number of thioether (sulfide) groups is 1. The van der Waals surface area contributed by atoms with E-state index in [4.69, 9.17) is 11.6 Å². The summed E-state index contributed by atoms with van der Waals surface area (Å²) in [5.41, 5.74) is 3.03. The second-order valence-electron chi connectivity index (χ2n) is 6.29. The maximum Gasteiger partial charge on any atom is 0.294 e. The van der Waals surface area contributed by atoms with Crippen LogP contribution in [0.15, 0.2) is 41.3 Å². The Kier molecular flexibility index (Phi) is 5.76. The highest BCUT2D eigenvalue weighted by Gasteiger charge is 2.36. The third-order valence-corrected chi connectivity index (χ3v) is 5.40. The second-order valence-corrected chi connectivity index (χ2v) is 7.69. The van der Waals surface area contributed by atoms with Gasteiger partial charge in [0.15, 0.2) is 0 Å². The largest absolute Gasteiger partial charge is 0.506 e. The number of rotatable bonds is 4. The van der Waals surface area contributed by atoms with Gasteiger partial charge in [-0.15, -0.1) is 0 Å². The molecule has 1 fully saturated rings. The Bertz CT molecular complexity index is 999. The number of nitrogens with one attached hydrogen (secondary N) is 1. The van der Waals surface area contributed by atoms with Gasteiger partial charge < -0.3 is 10.4 Å². The number of hydrogen-bond acceptors (Lipinski definition) is 5. The molecule has 0 bridgehead atoms. The Hall–Kier alpha value is -2.77. The van der Waals surface area contributed by atoms with Crippen LogP contribution in [0.4, 0.5) is 10.5 Å². The zero-order chi connectivity index (χ0) is 20.4. The number of nitrogens with zero attached hydrogens (tertiary/aromatic N) is 1. The summed E-state index contributed by atoms with van der Waals surface area (Å²) in [5, 5.41) is 11.9. The van der Waals surface area contributed by atoms with Crippen molar-refractivity contribution in [2.75, 3.05) is 11.9 Å². The molecule has 2 aromatic carbocycles. The van der Waals surface area contributed by atoms with Crippen molar-refractivity contribution in [3.05, 3.63) is 63.0 Å². The lowest BCUT2D eigenvalue weighted by atomic mass is 10.1. The quantitative estimate of drug-likeness (QED) is 0.724. The molecule has 3 rings (SSSR count). The molecule has 1 aliphatic rings. The summed E-state index contributed by atoms with van der Waals surface area (Å²) >= 11 is 6.62. The predicted octanol–water partition coefficient (Wildman–Crippen LogP) is 4.34. The molecule has 2 aromatic rings. The molecule has 0 saturated carbocycles. The van der Waals surface area contributed by atoms with E-state index in [1.54, 1.807) is 6.07 Å². The Labute approximate surface area is 171 Å². The molecular formula is C20H17ClN2O4S. The molecule has 28 heavy (non-hydrogen) atoms. The van der Waals surface area contributed by atoms with Crippen molar-refractivity contribution >= 4 is 52.2 Å². The summed E-state index contributed by atoms with van der Waals surface area (Å²) in [6.45, 7) is 3.37. The van der Waals surface area contributed by atoms with Crippen LogP contribution in [0.25, 0.3) is 6.08 Å². The first-order valence-corrected chi connectivity index (χ1v) is 9.55. The van der Waals surface area contributed by atoms with Crippen LogP contribution in [0.1, 0.15) is 16.7 Å². The van der Waals surface area contributed by atoms with Crippen molar-refractivity contribution in [2.24, 2.45) is 0 Å². The van der Waals surface area contributed by atoms with Gasteiger partial charge in [-0.05, 0) is 60.5 Å². The molecule has 2 N–H and O–H groups in total. The van der Waals surface area contributed by atoms with Crippen LogP contribution in [-0.4, -0.2) is 33.6 Å². The number of aromatic hydroxyl groups is 1. The number of phenols is 1. The SMILES string of the molecule is Cc1cccc(C)c1NC(=O)CN1C(=O)S/C(=C/c2ccc(O)c(Cl)c2)C1=O. The monoisotopic (exact) mass is 416 g/mol. The summed E-state index contributed by atoms with van der Waals surface area (Å²) < 4.78 is 0. The topological polar surface area (TPSA) is 86.7 Å². The van der Waals surface area contributed by atoms with E-state index < -0.39 is 17.1 Å². The predicted molar refractivity (Wildman–Crippen MR) is 110 cm³/mol. The van der Waals surface area contributed by atoms with E-state index >= 15 is 0 Å². The summed E-state index contributed by atoms with van der Waals surface area (Å²) in [6, 6.07) is 10.1. The van der Waals surface area contributed by atoms with E-state index in [0.717, 1.165) is 27.8 Å². The van der Waals surface area contributed by atoms with E-state index in [1.807, 2.05) is 32.0 Å². The van der Waals surface area contributed by atoms with Crippen LogP contribution in [0.5, 0.6) is 5.75 Å². The van der Waals surface area contributed by atoms with Gasteiger partial charge in [-0.3, -0.25) is 19.3 Å². The van der Waals surface area contributed by atoms with Gasteiger partial charge in [0.2, 0.25) is 5.91 Å². The van der Waals surface area contributed by atoms with Crippen LogP contribution < -0.4 is 5.32 Å². The number of aryl methyl sites for hydroxylation is 2. The fourth-order valence-electron chi connectivity index (χ4n) is 2.73. The van der Waals surface area contributed by atoms with E-state index in [-0.39, 0.29) is 22.2 Å². The molecule has 3 amide bonds. The van der Waals surface area contributed by atoms with Crippen molar-refractivity contribution in [1.82, 2.24) is 4.90 Å². The van der Waals surface area contributed by atoms with Gasteiger partial charge in [0.25, 0.3) is 11.1 Å². The normalized spacial score (nSPS) is 15.4. The minimum Gasteiger partial charge on any atom is -0.506 e. The van der Waals surface area contributed by atoms with Crippen LogP contribution in [0, 0.1) is 13.8 Å². The second kappa shape index (κ2) is 8.08. The molecule has 1 heterocycles. The number of carbonyl (C=O) groups excluding carboxylic acids is 3. The van der Waals surface area contributed by atoms with Crippen molar-refractivity contribution in [3.63, 3.8) is 0 Å². The molecule has 0 spiro atoms.